The number of carbonyl (C=O) groups excluding carboxylic acids is 3. The third-order valence-corrected chi connectivity index (χ3v) is 8.66. The Morgan fingerprint density at radius 1 is 0.843 bits per heavy atom. The van der Waals surface area contributed by atoms with Gasteiger partial charge in [0.05, 0.1) is 38.6 Å². The molecule has 0 aromatic carbocycles. The number of carbonyl (C=O) groups is 3. The molecular weight excluding hydrogens is 684 g/mol. The molecule has 2 fully saturated rings. The molecule has 0 spiro atoms. The van der Waals surface area contributed by atoms with Crippen LogP contribution >= 0.6 is 0 Å². The standard InChI is InChI=1S/C33H48O18/c1-5-17-18(19(30(44)45-4)14-47-31(17)51-33-28(42)26(40)24(38)21(13-35)49-33)11-22(36)46-10-9-15(2)7-6-8-16(3)29(43)50-32-27(41)25(39)23(37)20(12-34)48-32/h5,8-9,14,18,20-21,23-28,31-35,37-42H,6-7,10-13H2,1-4H3. The fourth-order valence-electron chi connectivity index (χ4n) is 5.49. The molecule has 0 saturated carbocycles. The Morgan fingerprint density at radius 3 is 2.00 bits per heavy atom. The average molecular weight is 733 g/mol. The van der Waals surface area contributed by atoms with Crippen LogP contribution in [0, 0.1) is 5.92 Å². The van der Waals surface area contributed by atoms with Crippen LogP contribution in [0.25, 0.3) is 0 Å². The lowest BCUT2D eigenvalue weighted by molar-refractivity contribution is -0.327. The molecule has 0 aromatic heterocycles. The summed E-state index contributed by atoms with van der Waals surface area (Å²) >= 11 is 0. The molecule has 288 valence electrons. The van der Waals surface area contributed by atoms with Crippen molar-refractivity contribution in [3.05, 3.63) is 46.8 Å². The molecular formula is C33H48O18. The number of ether oxygens (including phenoxy) is 7. The van der Waals surface area contributed by atoms with E-state index in [-0.39, 0.29) is 29.7 Å². The fourth-order valence-corrected chi connectivity index (χ4v) is 5.49. The molecule has 51 heavy (non-hydrogen) atoms. The first-order chi connectivity index (χ1) is 24.2. The second-order valence-corrected chi connectivity index (χ2v) is 12.2. The average Bonchev–Trinajstić information content (AvgIpc) is 3.11. The Kier molecular flexibility index (Phi) is 16.1. The van der Waals surface area contributed by atoms with Crippen LogP contribution in [0.2, 0.25) is 0 Å². The van der Waals surface area contributed by atoms with Gasteiger partial charge in [-0.3, -0.25) is 4.79 Å². The minimum atomic E-state index is -1.72. The van der Waals surface area contributed by atoms with Crippen LogP contribution in [-0.2, 0) is 47.5 Å². The van der Waals surface area contributed by atoms with E-state index in [2.05, 4.69) is 0 Å². The topological polar surface area (TPSA) is 278 Å². The van der Waals surface area contributed by atoms with Crippen LogP contribution in [-0.4, -0.2) is 153 Å². The van der Waals surface area contributed by atoms with Crippen molar-refractivity contribution in [2.45, 2.75) is 108 Å². The van der Waals surface area contributed by atoms with Gasteiger partial charge in [0.1, 0.15) is 55.4 Å². The third-order valence-electron chi connectivity index (χ3n) is 8.66. The van der Waals surface area contributed by atoms with Gasteiger partial charge in [-0.15, -0.1) is 0 Å². The van der Waals surface area contributed by atoms with E-state index < -0.39 is 105 Å². The van der Waals surface area contributed by atoms with E-state index in [1.807, 2.05) is 0 Å². The van der Waals surface area contributed by atoms with E-state index >= 15 is 0 Å². The van der Waals surface area contributed by atoms with Gasteiger partial charge >= 0.3 is 17.9 Å². The van der Waals surface area contributed by atoms with Gasteiger partial charge in [0.15, 0.2) is 6.29 Å². The van der Waals surface area contributed by atoms with Crippen LogP contribution in [0.3, 0.4) is 0 Å². The van der Waals surface area contributed by atoms with Gasteiger partial charge in [-0.25, -0.2) is 9.59 Å². The molecule has 3 rings (SSSR count). The summed E-state index contributed by atoms with van der Waals surface area (Å²) in [4.78, 5) is 38.0. The molecule has 0 bridgehead atoms. The molecule has 12 atom stereocenters. The van der Waals surface area contributed by atoms with Crippen molar-refractivity contribution >= 4 is 17.9 Å². The Hall–Kier alpha value is -3.27. The Labute approximate surface area is 293 Å². The molecule has 3 heterocycles. The van der Waals surface area contributed by atoms with Crippen LogP contribution in [0.4, 0.5) is 0 Å². The van der Waals surface area contributed by atoms with Gasteiger partial charge in [-0.2, -0.15) is 0 Å². The summed E-state index contributed by atoms with van der Waals surface area (Å²) in [5, 5.41) is 79.2. The highest BCUT2D eigenvalue weighted by molar-refractivity contribution is 5.90. The summed E-state index contributed by atoms with van der Waals surface area (Å²) < 4.78 is 37.2. The van der Waals surface area contributed by atoms with Gasteiger partial charge < -0.3 is 74.0 Å². The maximum Gasteiger partial charge on any atom is 0.337 e. The Bertz CT molecular complexity index is 1320. The van der Waals surface area contributed by atoms with E-state index in [4.69, 9.17) is 33.2 Å². The highest BCUT2D eigenvalue weighted by atomic mass is 16.8. The monoisotopic (exact) mass is 732 g/mol. The molecule has 12 unspecified atom stereocenters. The zero-order valence-electron chi connectivity index (χ0n) is 28.6. The quantitative estimate of drug-likeness (QED) is 0.0404. The zero-order chi connectivity index (χ0) is 38.0. The van der Waals surface area contributed by atoms with Crippen LogP contribution < -0.4 is 0 Å². The van der Waals surface area contributed by atoms with Crippen molar-refractivity contribution in [3.8, 4) is 0 Å². The van der Waals surface area contributed by atoms with Gasteiger partial charge in [-0.05, 0) is 39.7 Å². The van der Waals surface area contributed by atoms with Crippen LogP contribution in [0.5, 0.6) is 0 Å². The first kappa shape index (κ1) is 42.1. The SMILES string of the molecule is CC=C1C(OC2OC(CO)C(O)C(O)C2O)OC=C(C(=O)OC)C1CC(=O)OCC=C(C)CCC=C(C)C(=O)OC1OC(CO)C(O)C(O)C1O. The summed E-state index contributed by atoms with van der Waals surface area (Å²) in [7, 11) is 1.15. The van der Waals surface area contributed by atoms with Gasteiger partial charge in [0.2, 0.25) is 12.6 Å². The molecule has 18 heteroatoms. The molecule has 0 aliphatic carbocycles. The van der Waals surface area contributed by atoms with Crippen molar-refractivity contribution < 1.29 is 88.4 Å². The van der Waals surface area contributed by atoms with Crippen LogP contribution in [0.15, 0.2) is 46.8 Å². The van der Waals surface area contributed by atoms with E-state index in [0.717, 1.165) is 18.9 Å². The maximum atomic E-state index is 12.9. The van der Waals surface area contributed by atoms with Crippen molar-refractivity contribution in [2.75, 3.05) is 26.9 Å². The fraction of sp³-hybridized carbons (Fsp3) is 0.667. The van der Waals surface area contributed by atoms with E-state index in [1.165, 1.54) is 13.0 Å². The molecule has 18 nitrogen and oxygen atoms in total. The third kappa shape index (κ3) is 10.6. The normalized spacial score (nSPS) is 35.5. The van der Waals surface area contributed by atoms with E-state index in [0.29, 0.717) is 12.8 Å². The molecule has 0 amide bonds. The second-order valence-electron chi connectivity index (χ2n) is 12.2. The van der Waals surface area contributed by atoms with Crippen LogP contribution in [0.1, 0.15) is 40.0 Å². The lowest BCUT2D eigenvalue weighted by atomic mass is 9.86. The minimum Gasteiger partial charge on any atom is -0.468 e. The highest BCUT2D eigenvalue weighted by Crippen LogP contribution is 2.36. The van der Waals surface area contributed by atoms with Crippen molar-refractivity contribution in [1.82, 2.24) is 0 Å². The highest BCUT2D eigenvalue weighted by Gasteiger charge is 2.47. The first-order valence-electron chi connectivity index (χ1n) is 16.2. The smallest absolute Gasteiger partial charge is 0.337 e. The zero-order valence-corrected chi connectivity index (χ0v) is 28.6. The van der Waals surface area contributed by atoms with Gasteiger partial charge in [0.25, 0.3) is 0 Å². The summed E-state index contributed by atoms with van der Waals surface area (Å²) in [6.07, 6.45) is -10.7. The van der Waals surface area contributed by atoms with Gasteiger partial charge in [-0.1, -0.05) is 17.7 Å². The van der Waals surface area contributed by atoms with Gasteiger partial charge in [0, 0.05) is 17.1 Å². The number of aliphatic hydroxyl groups is 8. The number of esters is 3. The molecule has 8 N–H and O–H groups in total. The predicted octanol–water partition coefficient (Wildman–Crippen LogP) is -2.27. The summed E-state index contributed by atoms with van der Waals surface area (Å²) in [5.41, 5.74) is 1.23. The molecule has 3 aliphatic heterocycles. The predicted molar refractivity (Wildman–Crippen MR) is 169 cm³/mol. The summed E-state index contributed by atoms with van der Waals surface area (Å²) in [5.74, 6) is -3.27. The summed E-state index contributed by atoms with van der Waals surface area (Å²) in [6.45, 7) is 3.37. The van der Waals surface area contributed by atoms with Crippen molar-refractivity contribution in [1.29, 1.82) is 0 Å². The number of methoxy groups -OCH3 is 1. The molecule has 0 radical (unpaired) electrons. The van der Waals surface area contributed by atoms with E-state index in [1.54, 1.807) is 26.0 Å². The number of allylic oxidation sites excluding steroid dienone is 3. The lowest BCUT2D eigenvalue weighted by Crippen LogP contribution is -2.60. The number of rotatable bonds is 14. The van der Waals surface area contributed by atoms with Crippen molar-refractivity contribution in [2.24, 2.45) is 5.92 Å². The number of aliphatic hydroxyl groups excluding tert-OH is 8. The Morgan fingerprint density at radius 2 is 1.43 bits per heavy atom. The molecule has 0 aromatic rings. The first-order valence-corrected chi connectivity index (χ1v) is 16.2. The lowest BCUT2D eigenvalue weighted by Gasteiger charge is -2.41. The summed E-state index contributed by atoms with van der Waals surface area (Å²) in [6, 6.07) is 0. The minimum absolute atomic E-state index is 0.0184. The van der Waals surface area contributed by atoms with Crippen molar-refractivity contribution in [3.63, 3.8) is 0 Å². The largest absolute Gasteiger partial charge is 0.468 e. The second kappa shape index (κ2) is 19.5. The number of hydrogen-bond acceptors (Lipinski definition) is 18. The Balaban J connectivity index is 1.55. The maximum absolute atomic E-state index is 12.9. The number of hydrogen-bond donors (Lipinski definition) is 8. The molecule has 2 saturated heterocycles. The van der Waals surface area contributed by atoms with E-state index in [9.17, 15) is 55.2 Å². The molecule has 3 aliphatic rings.